The predicted octanol–water partition coefficient (Wildman–Crippen LogP) is 1.28. The van der Waals surface area contributed by atoms with Gasteiger partial charge in [0.05, 0.1) is 10.9 Å². The summed E-state index contributed by atoms with van der Waals surface area (Å²) in [5.41, 5.74) is -0.109. The SMILES string of the molecule is Cl.Cn1ccnc1C1CNCCN1S(=O)(=O)c1ccc2oc(=O)ccc2c1. The van der Waals surface area contributed by atoms with E-state index in [0.717, 1.165) is 0 Å². The molecule has 3 heterocycles. The van der Waals surface area contributed by atoms with Crippen LogP contribution in [0.3, 0.4) is 0 Å². The van der Waals surface area contributed by atoms with Gasteiger partial charge in [-0.15, -0.1) is 12.4 Å². The van der Waals surface area contributed by atoms with Crippen LogP contribution in [0.1, 0.15) is 11.9 Å². The second-order valence-electron chi connectivity index (χ2n) is 6.19. The molecule has 1 aliphatic rings. The van der Waals surface area contributed by atoms with Gasteiger partial charge in [0.2, 0.25) is 10.0 Å². The molecule has 0 spiro atoms. The lowest BCUT2D eigenvalue weighted by Crippen LogP contribution is -2.49. The minimum atomic E-state index is -3.74. The quantitative estimate of drug-likeness (QED) is 0.653. The highest BCUT2D eigenvalue weighted by Crippen LogP contribution is 2.29. The summed E-state index contributed by atoms with van der Waals surface area (Å²) in [4.78, 5) is 15.8. The summed E-state index contributed by atoms with van der Waals surface area (Å²) in [5, 5.41) is 3.79. The fourth-order valence-electron chi connectivity index (χ4n) is 3.24. The molecule has 0 aliphatic carbocycles. The van der Waals surface area contributed by atoms with Gasteiger partial charge in [0.1, 0.15) is 11.4 Å². The molecule has 1 fully saturated rings. The summed E-state index contributed by atoms with van der Waals surface area (Å²) in [5.74, 6) is 0.688. The number of hydrogen-bond acceptors (Lipinski definition) is 6. The Morgan fingerprint density at radius 1 is 1.26 bits per heavy atom. The molecule has 27 heavy (non-hydrogen) atoms. The molecule has 0 bridgehead atoms. The summed E-state index contributed by atoms with van der Waals surface area (Å²) < 4.78 is 35.0. The number of aryl methyl sites for hydroxylation is 1. The van der Waals surface area contributed by atoms with Crippen molar-refractivity contribution in [2.24, 2.45) is 7.05 Å². The van der Waals surface area contributed by atoms with Crippen LogP contribution in [0, 0.1) is 0 Å². The lowest BCUT2D eigenvalue weighted by atomic mass is 10.2. The number of halogens is 1. The first kappa shape index (κ1) is 19.6. The molecule has 1 N–H and O–H groups in total. The Balaban J connectivity index is 0.00000210. The molecule has 144 valence electrons. The Morgan fingerprint density at radius 2 is 2.07 bits per heavy atom. The number of sulfonamides is 1. The first-order valence-electron chi connectivity index (χ1n) is 8.20. The van der Waals surface area contributed by atoms with Crippen LogP contribution in [0.4, 0.5) is 0 Å². The average Bonchev–Trinajstić information content (AvgIpc) is 3.07. The standard InChI is InChI=1S/C17H18N4O4S.ClH/c1-20-8-7-19-17(20)14-11-18-6-9-21(14)26(23,24)13-3-4-15-12(10-13)2-5-16(22)25-15;/h2-5,7-8,10,14,18H,6,9,11H2,1H3;1H. The number of benzene rings is 1. The number of hydrogen-bond donors (Lipinski definition) is 1. The van der Waals surface area contributed by atoms with Crippen molar-refractivity contribution in [1.29, 1.82) is 0 Å². The van der Waals surface area contributed by atoms with Gasteiger partial charge >= 0.3 is 5.63 Å². The Morgan fingerprint density at radius 3 is 2.81 bits per heavy atom. The lowest BCUT2D eigenvalue weighted by Gasteiger charge is -2.34. The van der Waals surface area contributed by atoms with Crippen molar-refractivity contribution in [3.05, 3.63) is 59.0 Å². The highest BCUT2D eigenvalue weighted by atomic mass is 35.5. The zero-order valence-corrected chi connectivity index (χ0v) is 16.2. The maximum absolute atomic E-state index is 13.3. The maximum Gasteiger partial charge on any atom is 0.336 e. The van der Waals surface area contributed by atoms with Crippen LogP contribution in [0.15, 0.2) is 56.8 Å². The molecule has 4 rings (SSSR count). The smallest absolute Gasteiger partial charge is 0.336 e. The lowest BCUT2D eigenvalue weighted by molar-refractivity contribution is 0.258. The Hall–Kier alpha value is -2.20. The number of rotatable bonds is 3. The van der Waals surface area contributed by atoms with E-state index in [1.807, 2.05) is 11.6 Å². The van der Waals surface area contributed by atoms with E-state index in [1.165, 1.54) is 28.6 Å². The number of nitrogens with one attached hydrogen (secondary N) is 1. The van der Waals surface area contributed by atoms with Crippen molar-refractivity contribution >= 4 is 33.4 Å². The van der Waals surface area contributed by atoms with Crippen molar-refractivity contribution < 1.29 is 12.8 Å². The second-order valence-corrected chi connectivity index (χ2v) is 8.08. The normalized spacial score (nSPS) is 18.3. The molecule has 0 amide bonds. The summed E-state index contributed by atoms with van der Waals surface area (Å²) >= 11 is 0. The van der Waals surface area contributed by atoms with Gasteiger partial charge in [-0.05, 0) is 24.3 Å². The van der Waals surface area contributed by atoms with E-state index < -0.39 is 21.7 Å². The first-order chi connectivity index (χ1) is 12.5. The van der Waals surface area contributed by atoms with E-state index in [9.17, 15) is 13.2 Å². The van der Waals surface area contributed by atoms with Crippen molar-refractivity contribution in [1.82, 2.24) is 19.2 Å². The zero-order valence-electron chi connectivity index (χ0n) is 14.5. The molecule has 0 radical (unpaired) electrons. The molecule has 1 saturated heterocycles. The van der Waals surface area contributed by atoms with Gasteiger partial charge in [-0.2, -0.15) is 4.31 Å². The maximum atomic E-state index is 13.3. The highest BCUT2D eigenvalue weighted by Gasteiger charge is 2.36. The van der Waals surface area contributed by atoms with Crippen LogP contribution >= 0.6 is 12.4 Å². The molecule has 8 nitrogen and oxygen atoms in total. The third-order valence-corrected chi connectivity index (χ3v) is 6.45. The molecule has 3 aromatic rings. The monoisotopic (exact) mass is 410 g/mol. The molecule has 2 aromatic heterocycles. The summed E-state index contributed by atoms with van der Waals surface area (Å²) in [6.45, 7) is 1.41. The predicted molar refractivity (Wildman–Crippen MR) is 102 cm³/mol. The molecule has 1 atom stereocenters. The van der Waals surface area contributed by atoms with Gasteiger partial charge in [-0.25, -0.2) is 18.2 Å². The van der Waals surface area contributed by atoms with Gasteiger partial charge in [-0.3, -0.25) is 0 Å². The van der Waals surface area contributed by atoms with E-state index in [0.29, 0.717) is 36.4 Å². The number of nitrogens with zero attached hydrogens (tertiary/aromatic N) is 3. The van der Waals surface area contributed by atoms with E-state index >= 15 is 0 Å². The molecular formula is C17H19ClN4O4S. The Labute approximate surface area is 162 Å². The highest BCUT2D eigenvalue weighted by molar-refractivity contribution is 7.89. The zero-order chi connectivity index (χ0) is 18.3. The van der Waals surface area contributed by atoms with E-state index in [1.54, 1.807) is 18.5 Å². The summed E-state index contributed by atoms with van der Waals surface area (Å²) in [7, 11) is -1.89. The van der Waals surface area contributed by atoms with E-state index in [-0.39, 0.29) is 17.3 Å². The molecule has 1 aliphatic heterocycles. The molecule has 10 heteroatoms. The van der Waals surface area contributed by atoms with Crippen LogP contribution in [-0.4, -0.2) is 41.9 Å². The average molecular weight is 411 g/mol. The number of imidazole rings is 1. The third-order valence-electron chi connectivity index (χ3n) is 4.55. The van der Waals surface area contributed by atoms with Crippen molar-refractivity contribution in [3.8, 4) is 0 Å². The van der Waals surface area contributed by atoms with Crippen LogP contribution in [0.2, 0.25) is 0 Å². The van der Waals surface area contributed by atoms with Gasteiger partial charge in [-0.1, -0.05) is 0 Å². The van der Waals surface area contributed by atoms with Gasteiger partial charge in [0.25, 0.3) is 0 Å². The number of aromatic nitrogens is 2. The van der Waals surface area contributed by atoms with Gasteiger partial charge in [0, 0.05) is 50.5 Å². The minimum absolute atomic E-state index is 0. The third kappa shape index (κ3) is 3.51. The first-order valence-corrected chi connectivity index (χ1v) is 9.64. The summed E-state index contributed by atoms with van der Waals surface area (Å²) in [6.07, 6.45) is 3.46. The van der Waals surface area contributed by atoms with Crippen LogP contribution in [0.25, 0.3) is 11.0 Å². The topological polar surface area (TPSA) is 97.4 Å². The molecule has 1 unspecified atom stereocenters. The molecule has 1 aromatic carbocycles. The summed E-state index contributed by atoms with van der Waals surface area (Å²) in [6, 6.07) is 6.97. The van der Waals surface area contributed by atoms with Crippen LogP contribution in [-0.2, 0) is 17.1 Å². The van der Waals surface area contributed by atoms with E-state index in [2.05, 4.69) is 10.3 Å². The van der Waals surface area contributed by atoms with Crippen molar-refractivity contribution in [2.45, 2.75) is 10.9 Å². The fraction of sp³-hybridized carbons (Fsp3) is 0.294. The number of piperazine rings is 1. The second kappa shape index (κ2) is 7.43. The van der Waals surface area contributed by atoms with Crippen molar-refractivity contribution in [2.75, 3.05) is 19.6 Å². The number of fused-ring (bicyclic) bond motifs is 1. The van der Waals surface area contributed by atoms with Crippen LogP contribution in [0.5, 0.6) is 0 Å². The fourth-order valence-corrected chi connectivity index (χ4v) is 4.86. The van der Waals surface area contributed by atoms with Crippen molar-refractivity contribution in [3.63, 3.8) is 0 Å². The molecular weight excluding hydrogens is 392 g/mol. The Bertz CT molecular complexity index is 1130. The van der Waals surface area contributed by atoms with Crippen LogP contribution < -0.4 is 10.9 Å². The largest absolute Gasteiger partial charge is 0.423 e. The van der Waals surface area contributed by atoms with E-state index in [4.69, 9.17) is 4.42 Å². The van der Waals surface area contributed by atoms with Gasteiger partial charge < -0.3 is 14.3 Å². The van der Waals surface area contributed by atoms with Gasteiger partial charge in [0.15, 0.2) is 0 Å². The minimum Gasteiger partial charge on any atom is -0.423 e. The molecule has 0 saturated carbocycles. The Kier molecular flexibility index (Phi) is 5.38.